The quantitative estimate of drug-likeness (QED) is 0.607. The molecule has 18 heavy (non-hydrogen) atoms. The van der Waals surface area contributed by atoms with Gasteiger partial charge in [0.2, 0.25) is 0 Å². The number of benzene rings is 1. The molecule has 1 aromatic carbocycles. The Morgan fingerprint density at radius 2 is 2.28 bits per heavy atom. The van der Waals surface area contributed by atoms with Gasteiger partial charge in [0, 0.05) is 0 Å². The molecule has 0 aliphatic heterocycles. The van der Waals surface area contributed by atoms with E-state index in [0.717, 1.165) is 12.3 Å². The van der Waals surface area contributed by atoms with E-state index in [4.69, 9.17) is 9.44 Å². The summed E-state index contributed by atoms with van der Waals surface area (Å²) in [7, 11) is -3.66. The first-order valence-electron chi connectivity index (χ1n) is 5.06. The number of rotatable bonds is 5. The maximum Gasteiger partial charge on any atom is 0.264 e. The summed E-state index contributed by atoms with van der Waals surface area (Å²) in [4.78, 5) is 0. The number of nitrogens with zero attached hydrogens (tertiary/aromatic N) is 1. The lowest BCUT2D eigenvalue weighted by atomic mass is 10.0. The highest BCUT2D eigenvalue weighted by Gasteiger charge is 2.18. The first-order chi connectivity index (χ1) is 8.37. The molecule has 0 spiro atoms. The van der Waals surface area contributed by atoms with E-state index in [0.29, 0.717) is 5.56 Å². The normalized spacial score (nSPS) is 12.7. The standard InChI is InChI=1S/C12H12FNO3S/c1-3-4-12(17-18(2,15)16)9-5-6-10(8-14)11(13)7-9/h3,5-7,12H,1,4H2,2H3. The van der Waals surface area contributed by atoms with E-state index in [-0.39, 0.29) is 12.0 Å². The van der Waals surface area contributed by atoms with Crippen LogP contribution in [0.2, 0.25) is 0 Å². The Kier molecular flexibility index (Phi) is 4.59. The first kappa shape index (κ1) is 14.4. The van der Waals surface area contributed by atoms with E-state index in [1.54, 1.807) is 6.07 Å². The van der Waals surface area contributed by atoms with Crippen molar-refractivity contribution in [3.63, 3.8) is 0 Å². The SMILES string of the molecule is C=CCC(OS(C)(=O)=O)c1ccc(C#N)c(F)c1. The van der Waals surface area contributed by atoms with Crippen molar-refractivity contribution in [3.8, 4) is 6.07 Å². The fourth-order valence-electron chi connectivity index (χ4n) is 1.42. The average molecular weight is 269 g/mol. The van der Waals surface area contributed by atoms with Gasteiger partial charge in [-0.2, -0.15) is 13.7 Å². The van der Waals surface area contributed by atoms with Crippen LogP contribution in [0.15, 0.2) is 30.9 Å². The molecule has 0 saturated carbocycles. The minimum atomic E-state index is -3.66. The van der Waals surface area contributed by atoms with Crippen molar-refractivity contribution in [1.82, 2.24) is 0 Å². The molecule has 6 heteroatoms. The number of nitriles is 1. The second kappa shape index (κ2) is 5.76. The summed E-state index contributed by atoms with van der Waals surface area (Å²) in [5.41, 5.74) is 0.243. The van der Waals surface area contributed by atoms with Crippen LogP contribution in [-0.2, 0) is 14.3 Å². The highest BCUT2D eigenvalue weighted by molar-refractivity contribution is 7.86. The molecule has 1 atom stereocenters. The van der Waals surface area contributed by atoms with Crippen LogP contribution in [0.4, 0.5) is 4.39 Å². The Hall–Kier alpha value is -1.71. The molecule has 0 aliphatic rings. The second-order valence-corrected chi connectivity index (χ2v) is 5.27. The summed E-state index contributed by atoms with van der Waals surface area (Å²) in [6.07, 6.45) is 1.78. The third kappa shape index (κ3) is 3.95. The lowest BCUT2D eigenvalue weighted by Crippen LogP contribution is -2.10. The van der Waals surface area contributed by atoms with Gasteiger partial charge in [-0.25, -0.2) is 4.39 Å². The highest BCUT2D eigenvalue weighted by atomic mass is 32.2. The zero-order valence-electron chi connectivity index (χ0n) is 9.76. The molecular weight excluding hydrogens is 257 g/mol. The van der Waals surface area contributed by atoms with Crippen LogP contribution in [0.1, 0.15) is 23.7 Å². The lowest BCUT2D eigenvalue weighted by Gasteiger charge is -2.15. The number of hydrogen-bond acceptors (Lipinski definition) is 4. The van der Waals surface area contributed by atoms with Gasteiger partial charge in [0.15, 0.2) is 0 Å². The number of halogens is 1. The molecule has 0 saturated heterocycles. The average Bonchev–Trinajstić information content (AvgIpc) is 2.26. The minimum Gasteiger partial charge on any atom is -0.262 e. The Balaban J connectivity index is 3.11. The molecule has 0 radical (unpaired) electrons. The Morgan fingerprint density at radius 1 is 1.61 bits per heavy atom. The van der Waals surface area contributed by atoms with Crippen LogP contribution < -0.4 is 0 Å². The van der Waals surface area contributed by atoms with Crippen molar-refractivity contribution in [3.05, 3.63) is 47.8 Å². The predicted molar refractivity (Wildman–Crippen MR) is 64.6 cm³/mol. The van der Waals surface area contributed by atoms with Crippen molar-refractivity contribution >= 4 is 10.1 Å². The summed E-state index contributed by atoms with van der Waals surface area (Å²) in [6.45, 7) is 3.49. The van der Waals surface area contributed by atoms with Crippen LogP contribution in [-0.4, -0.2) is 14.7 Å². The summed E-state index contributed by atoms with van der Waals surface area (Å²) in [5.74, 6) is -0.707. The van der Waals surface area contributed by atoms with E-state index in [2.05, 4.69) is 6.58 Å². The highest BCUT2D eigenvalue weighted by Crippen LogP contribution is 2.25. The fraction of sp³-hybridized carbons (Fsp3) is 0.250. The largest absolute Gasteiger partial charge is 0.264 e. The molecule has 0 aromatic heterocycles. The van der Waals surface area contributed by atoms with Crippen LogP contribution in [0.5, 0.6) is 0 Å². The number of hydrogen-bond donors (Lipinski definition) is 0. The zero-order chi connectivity index (χ0) is 13.8. The van der Waals surface area contributed by atoms with E-state index in [9.17, 15) is 12.8 Å². The summed E-state index contributed by atoms with van der Waals surface area (Å²) in [5, 5.41) is 8.60. The Bertz CT molecular complexity index is 590. The van der Waals surface area contributed by atoms with Gasteiger partial charge in [0.25, 0.3) is 10.1 Å². The van der Waals surface area contributed by atoms with E-state index >= 15 is 0 Å². The van der Waals surface area contributed by atoms with E-state index in [1.165, 1.54) is 18.2 Å². The van der Waals surface area contributed by atoms with Gasteiger partial charge in [-0.3, -0.25) is 4.18 Å². The van der Waals surface area contributed by atoms with Crippen molar-refractivity contribution in [2.75, 3.05) is 6.26 Å². The molecule has 0 aliphatic carbocycles. The molecule has 0 amide bonds. The van der Waals surface area contributed by atoms with Gasteiger partial charge in [0.1, 0.15) is 18.0 Å². The lowest BCUT2D eigenvalue weighted by molar-refractivity contribution is 0.219. The third-order valence-corrected chi connectivity index (χ3v) is 2.74. The molecule has 0 fully saturated rings. The van der Waals surface area contributed by atoms with Crippen LogP contribution in [0.25, 0.3) is 0 Å². The fourth-order valence-corrected chi connectivity index (χ4v) is 2.03. The van der Waals surface area contributed by atoms with E-state index < -0.39 is 22.0 Å². The molecule has 1 aromatic rings. The molecule has 0 heterocycles. The summed E-state index contributed by atoms with van der Waals surface area (Å²) < 4.78 is 40.5. The smallest absolute Gasteiger partial charge is 0.262 e. The van der Waals surface area contributed by atoms with Crippen molar-refractivity contribution in [1.29, 1.82) is 5.26 Å². The van der Waals surface area contributed by atoms with E-state index in [1.807, 2.05) is 0 Å². The van der Waals surface area contributed by atoms with Crippen molar-refractivity contribution in [2.45, 2.75) is 12.5 Å². The second-order valence-electron chi connectivity index (χ2n) is 3.66. The van der Waals surface area contributed by atoms with Gasteiger partial charge >= 0.3 is 0 Å². The van der Waals surface area contributed by atoms with Gasteiger partial charge in [-0.1, -0.05) is 12.1 Å². The van der Waals surface area contributed by atoms with Crippen molar-refractivity contribution in [2.24, 2.45) is 0 Å². The third-order valence-electron chi connectivity index (χ3n) is 2.16. The van der Waals surface area contributed by atoms with Gasteiger partial charge < -0.3 is 0 Å². The maximum absolute atomic E-state index is 13.4. The Labute approximate surface area is 105 Å². The van der Waals surface area contributed by atoms with Crippen LogP contribution in [0, 0.1) is 17.1 Å². The Morgan fingerprint density at radius 3 is 2.72 bits per heavy atom. The first-order valence-corrected chi connectivity index (χ1v) is 6.87. The molecule has 96 valence electrons. The molecule has 4 nitrogen and oxygen atoms in total. The topological polar surface area (TPSA) is 67.2 Å². The van der Waals surface area contributed by atoms with Crippen LogP contribution >= 0.6 is 0 Å². The molecular formula is C12H12FNO3S. The molecule has 0 bridgehead atoms. The zero-order valence-corrected chi connectivity index (χ0v) is 10.6. The maximum atomic E-state index is 13.4. The van der Waals surface area contributed by atoms with Crippen molar-refractivity contribution < 1.29 is 17.0 Å². The molecule has 1 rings (SSSR count). The van der Waals surface area contributed by atoms with Crippen LogP contribution in [0.3, 0.4) is 0 Å². The van der Waals surface area contributed by atoms with Gasteiger partial charge in [-0.15, -0.1) is 6.58 Å². The minimum absolute atomic E-state index is 0.101. The molecule has 1 unspecified atom stereocenters. The van der Waals surface area contributed by atoms with Gasteiger partial charge in [-0.05, 0) is 24.1 Å². The summed E-state index contributed by atoms with van der Waals surface area (Å²) >= 11 is 0. The summed E-state index contributed by atoms with van der Waals surface area (Å²) in [6, 6.07) is 5.53. The predicted octanol–water partition coefficient (Wildman–Crippen LogP) is 2.29. The van der Waals surface area contributed by atoms with Gasteiger partial charge in [0.05, 0.1) is 11.8 Å². The molecule has 0 N–H and O–H groups in total. The monoisotopic (exact) mass is 269 g/mol.